The van der Waals surface area contributed by atoms with E-state index in [4.69, 9.17) is 14.2 Å². The van der Waals surface area contributed by atoms with Gasteiger partial charge < -0.3 is 38.3 Å². The number of hydrogen-bond donors (Lipinski definition) is 0. The van der Waals surface area contributed by atoms with Crippen LogP contribution < -0.4 is 34.5 Å². The first-order valence-electron chi connectivity index (χ1n) is 25.1. The molecule has 0 radical (unpaired) electrons. The summed E-state index contributed by atoms with van der Waals surface area (Å²) in [6.45, 7) is 13.1. The number of ether oxygens (including phenoxy) is 3. The SMILES string of the molecule is CC1(C)C(/C=C/C2=C(SCCOCCOCCOCCn3cc(Cn4ccnc4[N+](=O)[O-])nn3)C(=C/C=C3/N(CCCCS(=O)(=O)[O-])c4ccccc4C3(C)C)/CCC2)=[N+](CCCCS(=O)(=O)[O-])c2ccccc21.[Na+]. The Balaban J connectivity index is 0.00000914. The van der Waals surface area contributed by atoms with Crippen molar-refractivity contribution in [2.24, 2.45) is 0 Å². The summed E-state index contributed by atoms with van der Waals surface area (Å²) in [5.74, 6) is -0.344. The van der Waals surface area contributed by atoms with Crippen LogP contribution in [0.5, 0.6) is 0 Å². The van der Waals surface area contributed by atoms with Crippen LogP contribution in [0.2, 0.25) is 0 Å². The van der Waals surface area contributed by atoms with Crippen molar-refractivity contribution in [2.75, 3.05) is 74.9 Å². The van der Waals surface area contributed by atoms with E-state index in [1.807, 2.05) is 24.3 Å². The number of benzene rings is 2. The van der Waals surface area contributed by atoms with E-state index in [0.717, 1.165) is 42.0 Å². The minimum atomic E-state index is -4.31. The maximum Gasteiger partial charge on any atom is 1.00 e. The van der Waals surface area contributed by atoms with Gasteiger partial charge in [-0.3, -0.25) is 0 Å². The molecule has 4 aromatic rings. The summed E-state index contributed by atoms with van der Waals surface area (Å²) in [7, 11) is -8.62. The van der Waals surface area contributed by atoms with E-state index in [9.17, 15) is 36.1 Å². The van der Waals surface area contributed by atoms with Gasteiger partial charge in [0.25, 0.3) is 0 Å². The van der Waals surface area contributed by atoms with Gasteiger partial charge in [-0.25, -0.2) is 26.1 Å². The summed E-state index contributed by atoms with van der Waals surface area (Å²) in [5.41, 5.74) is 9.03. The average Bonchev–Trinajstić information content (AvgIpc) is 4.11. The van der Waals surface area contributed by atoms with Crippen LogP contribution >= 0.6 is 11.8 Å². The number of nitro groups is 1. The van der Waals surface area contributed by atoms with Gasteiger partial charge >= 0.3 is 35.5 Å². The molecule has 0 saturated heterocycles. The van der Waals surface area contributed by atoms with E-state index in [0.29, 0.717) is 83.6 Å². The van der Waals surface area contributed by atoms with Crippen molar-refractivity contribution in [2.45, 2.75) is 96.6 Å². The van der Waals surface area contributed by atoms with Crippen molar-refractivity contribution in [3.8, 4) is 0 Å². The van der Waals surface area contributed by atoms with Crippen LogP contribution in [0, 0.1) is 10.1 Å². The van der Waals surface area contributed by atoms with E-state index in [2.05, 4.69) is 101 Å². The summed E-state index contributed by atoms with van der Waals surface area (Å²) < 4.78 is 91.5. The predicted octanol–water partition coefficient (Wildman–Crippen LogP) is 4.55. The molecule has 0 bridgehead atoms. The number of rotatable bonds is 29. The molecule has 0 N–H and O–H groups in total. The third-order valence-electron chi connectivity index (χ3n) is 13.5. The Morgan fingerprint density at radius 3 is 2.19 bits per heavy atom. The summed E-state index contributed by atoms with van der Waals surface area (Å²) in [6, 6.07) is 16.6. The first kappa shape index (κ1) is 59.9. The first-order chi connectivity index (χ1) is 35.3. The molecule has 0 atom stereocenters. The van der Waals surface area contributed by atoms with Crippen molar-refractivity contribution in [1.29, 1.82) is 0 Å². The molecule has 4 heterocycles. The molecule has 19 nitrogen and oxygen atoms in total. The molecule has 2 aromatic carbocycles. The van der Waals surface area contributed by atoms with Gasteiger partial charge in [0.15, 0.2) is 5.71 Å². The minimum absolute atomic E-state index is 0. The summed E-state index contributed by atoms with van der Waals surface area (Å²) in [5, 5.41) is 19.3. The van der Waals surface area contributed by atoms with Gasteiger partial charge in [0.2, 0.25) is 5.69 Å². The number of aromatic nitrogens is 5. The molecule has 0 saturated carbocycles. The van der Waals surface area contributed by atoms with Crippen molar-refractivity contribution in [3.63, 3.8) is 0 Å². The van der Waals surface area contributed by atoms with E-state index in [1.54, 1.807) is 22.6 Å². The number of allylic oxidation sites excluding steroid dienone is 7. The Bertz CT molecular complexity index is 3000. The smallest absolute Gasteiger partial charge is 0.748 e. The molecule has 2 aromatic heterocycles. The summed E-state index contributed by atoms with van der Waals surface area (Å²) in [4.78, 5) is 17.8. The zero-order chi connectivity index (χ0) is 52.9. The second kappa shape index (κ2) is 27.3. The predicted molar refractivity (Wildman–Crippen MR) is 283 cm³/mol. The van der Waals surface area contributed by atoms with Gasteiger partial charge in [-0.05, 0) is 86.1 Å². The van der Waals surface area contributed by atoms with E-state index in [1.165, 1.54) is 44.1 Å². The van der Waals surface area contributed by atoms with Crippen LogP contribution in [0.1, 0.15) is 89.5 Å². The fraction of sp³-hybridized carbons (Fsp3) is 0.500. The Morgan fingerprint density at radius 1 is 0.800 bits per heavy atom. The standard InChI is InChI=1S/C52H68N8O11S3.Na/c1-51(2)43-16-5-7-18-45(43)58(25-9-11-36-73(63,64)65)47(51)22-20-40-14-13-15-41(21-23-48-52(3,4)44-17-6-8-19-46(44)59(48)26-10-12-37-74(66,67)68)49(40)72-35-34-71-33-32-70-31-30-69-29-28-57-39-42(54-55-57)38-56-27-24-53-50(56)60(61)62;/h5-8,16-24,27,39H,9-15,25-26,28-38H2,1-4H3,(H-,63,64,65,66,67,68);/q;+1/p-1. The molecule has 0 fully saturated rings. The third-order valence-corrected chi connectivity index (χ3v) is 16.2. The van der Waals surface area contributed by atoms with Gasteiger partial charge in [-0.2, -0.15) is 4.58 Å². The van der Waals surface area contributed by atoms with E-state index < -0.39 is 36.7 Å². The number of imidazole rings is 1. The molecule has 75 heavy (non-hydrogen) atoms. The largest absolute Gasteiger partial charge is 1.00 e. The average molecular weight is 1100 g/mol. The number of thioether (sulfide) groups is 1. The monoisotopic (exact) mass is 1100 g/mol. The second-order valence-corrected chi connectivity index (χ2v) is 23.6. The van der Waals surface area contributed by atoms with E-state index in [-0.39, 0.29) is 65.7 Å². The van der Waals surface area contributed by atoms with Gasteiger partial charge in [0.05, 0.1) is 78.0 Å². The number of nitrogens with zero attached hydrogens (tertiary/aromatic N) is 8. The number of para-hydroxylation sites is 2. The number of unbranched alkanes of at least 4 members (excludes halogenated alkanes) is 2. The fourth-order valence-corrected chi connectivity index (χ4v) is 12.1. The molecule has 7 rings (SSSR count). The zero-order valence-electron chi connectivity index (χ0n) is 43.6. The Labute approximate surface area is 467 Å². The molecule has 400 valence electrons. The van der Waals surface area contributed by atoms with Crippen LogP contribution in [0.4, 0.5) is 17.3 Å². The summed E-state index contributed by atoms with van der Waals surface area (Å²) in [6.07, 6.45) is 17.9. The fourth-order valence-electron chi connectivity index (χ4n) is 9.82. The number of fused-ring (bicyclic) bond motifs is 2. The van der Waals surface area contributed by atoms with Gasteiger partial charge in [0.1, 0.15) is 31.2 Å². The molecule has 0 unspecified atom stereocenters. The van der Waals surface area contributed by atoms with Crippen LogP contribution in [0.15, 0.2) is 113 Å². The Hall–Kier alpha value is -4.33. The van der Waals surface area contributed by atoms with Crippen LogP contribution in [0.3, 0.4) is 0 Å². The third kappa shape index (κ3) is 16.4. The minimum Gasteiger partial charge on any atom is -0.748 e. The maximum absolute atomic E-state index is 11.4. The number of anilines is 1. The summed E-state index contributed by atoms with van der Waals surface area (Å²) >= 11 is 1.77. The molecule has 1 aliphatic carbocycles. The molecular weight excluding hydrogens is 1030 g/mol. The van der Waals surface area contributed by atoms with Crippen LogP contribution in [-0.2, 0) is 58.4 Å². The van der Waals surface area contributed by atoms with Gasteiger partial charge in [-0.15, -0.1) is 16.9 Å². The van der Waals surface area contributed by atoms with Crippen molar-refractivity contribution >= 4 is 55.0 Å². The van der Waals surface area contributed by atoms with Gasteiger partial charge in [-0.1, -0.05) is 72.6 Å². The molecule has 23 heteroatoms. The number of hydrogen-bond acceptors (Lipinski definition) is 16. The zero-order valence-corrected chi connectivity index (χ0v) is 48.0. The van der Waals surface area contributed by atoms with Crippen molar-refractivity contribution in [3.05, 3.63) is 140 Å². The van der Waals surface area contributed by atoms with Crippen LogP contribution in [-0.4, -0.2) is 136 Å². The quantitative estimate of drug-likeness (QED) is 0.0181. The Kier molecular flexibility index (Phi) is 21.8. The van der Waals surface area contributed by atoms with Gasteiger partial charge in [0, 0.05) is 69.6 Å². The first-order valence-corrected chi connectivity index (χ1v) is 29.2. The van der Waals surface area contributed by atoms with E-state index >= 15 is 0 Å². The molecule has 0 amide bonds. The molecule has 2 aliphatic heterocycles. The van der Waals surface area contributed by atoms with Crippen molar-refractivity contribution in [1.82, 2.24) is 24.5 Å². The molecular formula is C52H67N8NaO11S3. The molecule has 0 spiro atoms. The molecule has 3 aliphatic rings. The Morgan fingerprint density at radius 2 is 1.47 bits per heavy atom. The van der Waals surface area contributed by atoms with Crippen molar-refractivity contribution < 1.29 is 79.2 Å². The second-order valence-electron chi connectivity index (χ2n) is 19.5. The maximum atomic E-state index is 11.4. The normalized spacial score (nSPS) is 17.4. The van der Waals surface area contributed by atoms with Crippen LogP contribution in [0.25, 0.3) is 0 Å². The topological polar surface area (TPSA) is 240 Å².